The maximum absolute atomic E-state index is 13.8. The van der Waals surface area contributed by atoms with Crippen LogP contribution >= 0.6 is 11.3 Å². The highest BCUT2D eigenvalue weighted by Crippen LogP contribution is 2.39. The van der Waals surface area contributed by atoms with Gasteiger partial charge in [-0.3, -0.25) is 9.80 Å². The Morgan fingerprint density at radius 2 is 1.40 bits per heavy atom. The van der Waals surface area contributed by atoms with Gasteiger partial charge in [0.1, 0.15) is 6.04 Å². The summed E-state index contributed by atoms with van der Waals surface area (Å²) in [6.07, 6.45) is 0. The van der Waals surface area contributed by atoms with Crippen LogP contribution in [0.5, 0.6) is 0 Å². The van der Waals surface area contributed by atoms with Gasteiger partial charge in [0.25, 0.3) is 0 Å². The van der Waals surface area contributed by atoms with Crippen LogP contribution in [0.15, 0.2) is 114 Å². The van der Waals surface area contributed by atoms with Crippen LogP contribution in [0.4, 0.5) is 5.69 Å². The van der Waals surface area contributed by atoms with Gasteiger partial charge in [-0.05, 0) is 29.1 Å². The molecule has 3 nitrogen and oxygen atoms in total. The third-order valence-electron chi connectivity index (χ3n) is 5.37. The molecule has 3 aromatic carbocycles. The Bertz CT molecular complexity index is 1160. The van der Waals surface area contributed by atoms with E-state index in [-0.39, 0.29) is 11.7 Å². The van der Waals surface area contributed by atoms with Crippen LogP contribution in [0.25, 0.3) is 0 Å². The standard InChI is InChI=1S/C26H20N2OS/c29-26(20-13-6-2-7-14-20)25-23(19-11-4-1-5-12-19)24(22-17-10-18-30-22)27-28(25)21-15-8-3-9-16-21/h1-18,23,25H. The fraction of sp³-hybridized carbons (Fsp3) is 0.0769. The Morgan fingerprint density at radius 3 is 2.03 bits per heavy atom. The SMILES string of the molecule is O=C(c1ccccc1)C1C(c2ccccc2)C(c2cccs2)=NN1c1ccccc1. The van der Waals surface area contributed by atoms with Gasteiger partial charge in [0.2, 0.25) is 0 Å². The van der Waals surface area contributed by atoms with Gasteiger partial charge < -0.3 is 0 Å². The predicted octanol–water partition coefficient (Wildman–Crippen LogP) is 6.01. The van der Waals surface area contributed by atoms with Crippen LogP contribution in [-0.2, 0) is 0 Å². The maximum atomic E-state index is 13.8. The first-order chi connectivity index (χ1) is 14.8. The highest BCUT2D eigenvalue weighted by Gasteiger charge is 2.44. The molecule has 5 rings (SSSR count). The van der Waals surface area contributed by atoms with Crippen LogP contribution in [0.2, 0.25) is 0 Å². The molecule has 0 bridgehead atoms. The zero-order valence-electron chi connectivity index (χ0n) is 16.3. The van der Waals surface area contributed by atoms with Crippen LogP contribution < -0.4 is 5.01 Å². The van der Waals surface area contributed by atoms with Gasteiger partial charge in [0.15, 0.2) is 5.78 Å². The maximum Gasteiger partial charge on any atom is 0.188 e. The number of Topliss-reactive ketones (excluding diaryl/α,β-unsaturated/α-hetero) is 1. The largest absolute Gasteiger partial charge is 0.292 e. The van der Waals surface area contributed by atoms with E-state index >= 15 is 0 Å². The number of ketones is 1. The molecule has 0 N–H and O–H groups in total. The molecule has 0 fully saturated rings. The number of benzene rings is 3. The highest BCUT2D eigenvalue weighted by molar-refractivity contribution is 7.12. The van der Waals surface area contributed by atoms with Gasteiger partial charge >= 0.3 is 0 Å². The second-order valence-corrected chi connectivity index (χ2v) is 8.15. The van der Waals surface area contributed by atoms with Crippen LogP contribution in [0, 0.1) is 0 Å². The summed E-state index contributed by atoms with van der Waals surface area (Å²) in [5.41, 5.74) is 3.65. The molecule has 0 amide bonds. The van der Waals surface area contributed by atoms with Crippen molar-refractivity contribution >= 4 is 28.5 Å². The number of hydrazone groups is 1. The number of nitrogens with zero attached hydrogens (tertiary/aromatic N) is 2. The molecule has 2 unspecified atom stereocenters. The summed E-state index contributed by atoms with van der Waals surface area (Å²) in [4.78, 5) is 14.9. The van der Waals surface area contributed by atoms with E-state index < -0.39 is 6.04 Å². The Labute approximate surface area is 179 Å². The molecule has 0 saturated carbocycles. The Hall–Kier alpha value is -3.50. The molecule has 146 valence electrons. The highest BCUT2D eigenvalue weighted by atomic mass is 32.1. The molecule has 2 heterocycles. The van der Waals surface area contributed by atoms with Crippen molar-refractivity contribution in [1.29, 1.82) is 0 Å². The van der Waals surface area contributed by atoms with Gasteiger partial charge in [-0.15, -0.1) is 11.3 Å². The molecular weight excluding hydrogens is 388 g/mol. The molecule has 2 atom stereocenters. The summed E-state index contributed by atoms with van der Waals surface area (Å²) in [6, 6.07) is 33.4. The number of carbonyl (C=O) groups is 1. The molecule has 30 heavy (non-hydrogen) atoms. The Kier molecular flexibility index (Phi) is 4.99. The van der Waals surface area contributed by atoms with Crippen molar-refractivity contribution < 1.29 is 4.79 Å². The minimum absolute atomic E-state index is 0.0728. The summed E-state index contributed by atoms with van der Waals surface area (Å²) >= 11 is 1.66. The number of rotatable bonds is 5. The van der Waals surface area contributed by atoms with Crippen LogP contribution in [0.1, 0.15) is 26.7 Å². The molecule has 0 spiro atoms. The lowest BCUT2D eigenvalue weighted by molar-refractivity contribution is 0.0957. The van der Waals surface area contributed by atoms with E-state index in [0.717, 1.165) is 21.8 Å². The van der Waals surface area contributed by atoms with Crippen molar-refractivity contribution in [3.05, 3.63) is 125 Å². The Morgan fingerprint density at radius 1 is 0.767 bits per heavy atom. The van der Waals surface area contributed by atoms with E-state index in [9.17, 15) is 4.79 Å². The van der Waals surface area contributed by atoms with Gasteiger partial charge in [0.05, 0.1) is 22.2 Å². The van der Waals surface area contributed by atoms with Crippen LogP contribution in [-0.4, -0.2) is 17.5 Å². The molecule has 1 aromatic heterocycles. The van der Waals surface area contributed by atoms with E-state index in [1.165, 1.54) is 0 Å². The summed E-state index contributed by atoms with van der Waals surface area (Å²) in [6.45, 7) is 0. The number of thiophene rings is 1. The van der Waals surface area contributed by atoms with E-state index in [2.05, 4.69) is 23.6 Å². The zero-order valence-corrected chi connectivity index (χ0v) is 17.1. The third-order valence-corrected chi connectivity index (χ3v) is 6.26. The first kappa shape index (κ1) is 18.5. The molecule has 0 aliphatic carbocycles. The second-order valence-electron chi connectivity index (χ2n) is 7.21. The number of para-hydroxylation sites is 1. The molecule has 1 aliphatic heterocycles. The number of hydrogen-bond acceptors (Lipinski definition) is 4. The van der Waals surface area contributed by atoms with Crippen molar-refractivity contribution in [1.82, 2.24) is 0 Å². The van der Waals surface area contributed by atoms with E-state index in [1.807, 2.05) is 89.9 Å². The van der Waals surface area contributed by atoms with E-state index in [1.54, 1.807) is 11.3 Å². The minimum atomic E-state index is -0.450. The van der Waals surface area contributed by atoms with Gasteiger partial charge in [-0.2, -0.15) is 5.10 Å². The minimum Gasteiger partial charge on any atom is -0.292 e. The van der Waals surface area contributed by atoms with Crippen molar-refractivity contribution in [2.75, 3.05) is 5.01 Å². The second kappa shape index (κ2) is 8.09. The topological polar surface area (TPSA) is 32.7 Å². The quantitative estimate of drug-likeness (QED) is 0.379. The lowest BCUT2D eigenvalue weighted by Gasteiger charge is -2.27. The Balaban J connectivity index is 1.69. The fourth-order valence-corrected chi connectivity index (χ4v) is 4.74. The third kappa shape index (κ3) is 3.36. The monoisotopic (exact) mass is 408 g/mol. The summed E-state index contributed by atoms with van der Waals surface area (Å²) in [5.74, 6) is -0.0821. The summed E-state index contributed by atoms with van der Waals surface area (Å²) < 4.78 is 0. The average Bonchev–Trinajstić information content (AvgIpc) is 3.48. The van der Waals surface area contributed by atoms with Crippen molar-refractivity contribution in [3.63, 3.8) is 0 Å². The first-order valence-corrected chi connectivity index (χ1v) is 10.8. The van der Waals surface area contributed by atoms with E-state index in [0.29, 0.717) is 5.56 Å². The average molecular weight is 409 g/mol. The molecule has 4 aromatic rings. The smallest absolute Gasteiger partial charge is 0.188 e. The van der Waals surface area contributed by atoms with Gasteiger partial charge in [-0.25, -0.2) is 0 Å². The molecule has 4 heteroatoms. The summed E-state index contributed by atoms with van der Waals surface area (Å²) in [5, 5.41) is 8.99. The first-order valence-electron chi connectivity index (χ1n) is 9.94. The molecule has 1 aliphatic rings. The number of hydrogen-bond donors (Lipinski definition) is 0. The number of anilines is 1. The van der Waals surface area contributed by atoms with Crippen LogP contribution in [0.3, 0.4) is 0 Å². The number of carbonyl (C=O) groups excluding carboxylic acids is 1. The van der Waals surface area contributed by atoms with Crippen molar-refractivity contribution in [2.45, 2.75) is 12.0 Å². The zero-order chi connectivity index (χ0) is 20.3. The van der Waals surface area contributed by atoms with Gasteiger partial charge in [-0.1, -0.05) is 84.9 Å². The summed E-state index contributed by atoms with van der Waals surface area (Å²) in [7, 11) is 0. The lowest BCUT2D eigenvalue weighted by Crippen LogP contribution is -2.39. The molecule has 0 saturated heterocycles. The lowest BCUT2D eigenvalue weighted by atomic mass is 9.83. The fourth-order valence-electron chi connectivity index (χ4n) is 3.99. The predicted molar refractivity (Wildman–Crippen MR) is 124 cm³/mol. The van der Waals surface area contributed by atoms with E-state index in [4.69, 9.17) is 5.10 Å². The molecular formula is C26H20N2OS. The van der Waals surface area contributed by atoms with Crippen molar-refractivity contribution in [2.24, 2.45) is 5.10 Å². The molecule has 0 radical (unpaired) electrons. The van der Waals surface area contributed by atoms with Gasteiger partial charge in [0, 0.05) is 5.56 Å². The van der Waals surface area contributed by atoms with Crippen molar-refractivity contribution in [3.8, 4) is 0 Å². The normalized spacial score (nSPS) is 18.3.